The van der Waals surface area contributed by atoms with Gasteiger partial charge >= 0.3 is 0 Å². The summed E-state index contributed by atoms with van der Waals surface area (Å²) in [5.41, 5.74) is 6.36. The molecule has 0 fully saturated rings. The second-order valence-corrected chi connectivity index (χ2v) is 7.10. The summed E-state index contributed by atoms with van der Waals surface area (Å²) in [5.74, 6) is 0.967. The molecule has 3 heterocycles. The first-order valence-corrected chi connectivity index (χ1v) is 10.0. The lowest BCUT2D eigenvalue weighted by atomic mass is 10.2. The van der Waals surface area contributed by atoms with E-state index in [1.165, 1.54) is 0 Å². The summed E-state index contributed by atoms with van der Waals surface area (Å²) in [6.45, 7) is 3.74. The minimum Gasteiger partial charge on any atom is -0.350 e. The number of rotatable bonds is 8. The summed E-state index contributed by atoms with van der Waals surface area (Å²) in [6, 6.07) is 12.3. The zero-order chi connectivity index (χ0) is 18.5. The molecule has 0 radical (unpaired) electrons. The van der Waals surface area contributed by atoms with Crippen molar-refractivity contribution in [1.29, 1.82) is 0 Å². The summed E-state index contributed by atoms with van der Waals surface area (Å²) in [7, 11) is 0. The van der Waals surface area contributed by atoms with Gasteiger partial charge in [-0.2, -0.15) is 10.2 Å². The van der Waals surface area contributed by atoms with Crippen molar-refractivity contribution in [2.75, 3.05) is 11.4 Å². The van der Waals surface area contributed by atoms with Crippen LogP contribution < -0.4 is 4.90 Å². The Morgan fingerprint density at radius 3 is 2.85 bits per heavy atom. The molecule has 1 N–H and O–H groups in total. The zero-order valence-corrected chi connectivity index (χ0v) is 16.1. The number of aryl methyl sites for hydroxylation is 1. The number of nitrogens with zero attached hydrogens (tertiary/aromatic N) is 5. The van der Waals surface area contributed by atoms with Crippen molar-refractivity contribution >= 4 is 17.2 Å². The number of thiazole rings is 1. The van der Waals surface area contributed by atoms with E-state index in [-0.39, 0.29) is 0 Å². The van der Waals surface area contributed by atoms with Gasteiger partial charge in [-0.15, -0.1) is 11.3 Å². The molecule has 0 aliphatic heterocycles. The molecular formula is C20H22N6S. The maximum absolute atomic E-state index is 4.52. The Hall–Kier alpha value is -2.93. The fourth-order valence-corrected chi connectivity index (χ4v) is 3.55. The summed E-state index contributed by atoms with van der Waals surface area (Å²) < 4.78 is 1.91. The van der Waals surface area contributed by atoms with E-state index in [0.29, 0.717) is 0 Å². The van der Waals surface area contributed by atoms with E-state index in [1.807, 2.05) is 34.6 Å². The third-order valence-electron chi connectivity index (χ3n) is 4.47. The molecule has 0 unspecified atom stereocenters. The second-order valence-electron chi connectivity index (χ2n) is 6.38. The van der Waals surface area contributed by atoms with Crippen LogP contribution in [0.25, 0.3) is 5.69 Å². The third-order valence-corrected chi connectivity index (χ3v) is 5.11. The van der Waals surface area contributed by atoms with Gasteiger partial charge in [0.05, 0.1) is 23.1 Å². The lowest BCUT2D eigenvalue weighted by Crippen LogP contribution is -2.25. The van der Waals surface area contributed by atoms with Gasteiger partial charge in [-0.25, -0.2) is 9.67 Å². The maximum Gasteiger partial charge on any atom is 0.150 e. The van der Waals surface area contributed by atoms with Crippen molar-refractivity contribution in [2.24, 2.45) is 0 Å². The number of benzene rings is 1. The molecule has 0 saturated carbocycles. The summed E-state index contributed by atoms with van der Waals surface area (Å²) in [6.07, 6.45) is 5.85. The van der Waals surface area contributed by atoms with Gasteiger partial charge in [0, 0.05) is 48.4 Å². The van der Waals surface area contributed by atoms with Crippen molar-refractivity contribution < 1.29 is 0 Å². The van der Waals surface area contributed by atoms with Gasteiger partial charge in [0.25, 0.3) is 0 Å². The molecular weight excluding hydrogens is 356 g/mol. The number of nitrogens with one attached hydrogen (secondary N) is 1. The minimum atomic E-state index is 0.755. The number of H-pyrrole nitrogens is 1. The van der Waals surface area contributed by atoms with Crippen LogP contribution in [0.5, 0.6) is 0 Å². The van der Waals surface area contributed by atoms with E-state index < -0.39 is 0 Å². The number of aromatic amines is 1. The molecule has 3 aromatic heterocycles. The molecule has 4 aromatic rings. The quantitative estimate of drug-likeness (QED) is 0.506. The highest BCUT2D eigenvalue weighted by Gasteiger charge is 2.13. The minimum absolute atomic E-state index is 0.755. The van der Waals surface area contributed by atoms with Gasteiger partial charge in [-0.05, 0) is 18.6 Å². The standard InChI is InChI=1S/C20H22N6S/c1-2-17-10-20(24-23-17)25(9-8-18-14-27-15-21-18)12-16-11-22-26(13-16)19-6-4-3-5-7-19/h3-7,10-11,13-15H,2,8-9,12H2,1H3,(H,23,24). The van der Waals surface area contributed by atoms with Gasteiger partial charge in [0.15, 0.2) is 5.82 Å². The lowest BCUT2D eigenvalue weighted by Gasteiger charge is -2.21. The summed E-state index contributed by atoms with van der Waals surface area (Å²) >= 11 is 1.63. The van der Waals surface area contributed by atoms with Gasteiger partial charge in [-0.1, -0.05) is 25.1 Å². The van der Waals surface area contributed by atoms with Crippen molar-refractivity contribution in [3.63, 3.8) is 0 Å². The third kappa shape index (κ3) is 4.25. The highest BCUT2D eigenvalue weighted by Crippen LogP contribution is 2.18. The van der Waals surface area contributed by atoms with Crippen LogP contribution in [0.15, 0.2) is 59.7 Å². The SMILES string of the molecule is CCc1cc(N(CCc2cscn2)Cc2cnn(-c3ccccc3)c2)n[nH]1. The molecule has 4 rings (SSSR count). The molecule has 0 bridgehead atoms. The van der Waals surface area contributed by atoms with Crippen LogP contribution in [-0.4, -0.2) is 31.5 Å². The van der Waals surface area contributed by atoms with Crippen molar-refractivity contribution in [1.82, 2.24) is 25.0 Å². The Balaban J connectivity index is 1.52. The largest absolute Gasteiger partial charge is 0.350 e. The molecule has 0 aliphatic rings. The van der Waals surface area contributed by atoms with E-state index in [4.69, 9.17) is 0 Å². The van der Waals surface area contributed by atoms with E-state index in [9.17, 15) is 0 Å². The van der Waals surface area contributed by atoms with Gasteiger partial charge in [-0.3, -0.25) is 5.10 Å². The molecule has 6 nitrogen and oxygen atoms in total. The van der Waals surface area contributed by atoms with Crippen LogP contribution in [-0.2, 0) is 19.4 Å². The smallest absolute Gasteiger partial charge is 0.150 e. The number of anilines is 1. The molecule has 27 heavy (non-hydrogen) atoms. The number of hydrogen-bond acceptors (Lipinski definition) is 5. The van der Waals surface area contributed by atoms with Crippen LogP contribution in [0.2, 0.25) is 0 Å². The van der Waals surface area contributed by atoms with Crippen LogP contribution in [0.3, 0.4) is 0 Å². The van der Waals surface area contributed by atoms with Crippen molar-refractivity contribution in [3.05, 3.63) is 76.6 Å². The maximum atomic E-state index is 4.52. The predicted molar refractivity (Wildman–Crippen MR) is 108 cm³/mol. The molecule has 7 heteroatoms. The summed E-state index contributed by atoms with van der Waals surface area (Å²) in [5, 5.41) is 14.2. The molecule has 138 valence electrons. The first-order chi connectivity index (χ1) is 13.3. The van der Waals surface area contributed by atoms with Crippen LogP contribution in [0, 0.1) is 0 Å². The number of aromatic nitrogens is 5. The van der Waals surface area contributed by atoms with Gasteiger partial charge in [0.1, 0.15) is 0 Å². The van der Waals surface area contributed by atoms with Crippen LogP contribution >= 0.6 is 11.3 Å². The Bertz CT molecular complexity index is 957. The number of para-hydroxylation sites is 1. The topological polar surface area (TPSA) is 62.6 Å². The fourth-order valence-electron chi connectivity index (χ4n) is 2.96. The van der Waals surface area contributed by atoms with Crippen molar-refractivity contribution in [3.8, 4) is 5.69 Å². The molecule has 0 spiro atoms. The molecule has 0 aliphatic carbocycles. The fraction of sp³-hybridized carbons (Fsp3) is 0.250. The average molecular weight is 379 g/mol. The first kappa shape index (κ1) is 17.5. The highest BCUT2D eigenvalue weighted by atomic mass is 32.1. The number of hydrogen-bond donors (Lipinski definition) is 1. The van der Waals surface area contributed by atoms with E-state index in [0.717, 1.165) is 54.4 Å². The Morgan fingerprint density at radius 1 is 1.22 bits per heavy atom. The normalized spacial score (nSPS) is 11.0. The Labute approximate surface area is 162 Å². The zero-order valence-electron chi connectivity index (χ0n) is 15.2. The van der Waals surface area contributed by atoms with Gasteiger partial charge < -0.3 is 4.90 Å². The highest BCUT2D eigenvalue weighted by molar-refractivity contribution is 7.07. The molecule has 0 atom stereocenters. The van der Waals surface area contributed by atoms with Crippen molar-refractivity contribution in [2.45, 2.75) is 26.3 Å². The lowest BCUT2D eigenvalue weighted by molar-refractivity contribution is 0.757. The van der Waals surface area contributed by atoms with E-state index in [2.05, 4.69) is 61.9 Å². The Kier molecular flexibility index (Phi) is 5.29. The Morgan fingerprint density at radius 2 is 2.11 bits per heavy atom. The average Bonchev–Trinajstić information content (AvgIpc) is 3.47. The summed E-state index contributed by atoms with van der Waals surface area (Å²) in [4.78, 5) is 6.68. The van der Waals surface area contributed by atoms with Crippen LogP contribution in [0.1, 0.15) is 23.9 Å². The molecule has 0 saturated heterocycles. The molecule has 1 aromatic carbocycles. The molecule has 0 amide bonds. The monoisotopic (exact) mass is 378 g/mol. The van der Waals surface area contributed by atoms with Crippen LogP contribution in [0.4, 0.5) is 5.82 Å². The van der Waals surface area contributed by atoms with Gasteiger partial charge in [0.2, 0.25) is 0 Å². The van der Waals surface area contributed by atoms with E-state index >= 15 is 0 Å². The second kappa shape index (κ2) is 8.18. The first-order valence-electron chi connectivity index (χ1n) is 9.07. The predicted octanol–water partition coefficient (Wildman–Crippen LogP) is 3.86. The van der Waals surface area contributed by atoms with E-state index in [1.54, 1.807) is 11.3 Å².